The minimum absolute atomic E-state index is 0.127. The molecule has 1 saturated heterocycles. The summed E-state index contributed by atoms with van der Waals surface area (Å²) in [5, 5.41) is 3.09. The lowest BCUT2D eigenvalue weighted by Gasteiger charge is -2.35. The van der Waals surface area contributed by atoms with Gasteiger partial charge in [-0.1, -0.05) is 18.6 Å². The Kier molecular flexibility index (Phi) is 7.25. The first-order chi connectivity index (χ1) is 13.7. The maximum Gasteiger partial charge on any atom is 0.256 e. The van der Waals surface area contributed by atoms with Crippen molar-refractivity contribution in [3.8, 4) is 11.6 Å². The van der Waals surface area contributed by atoms with Crippen molar-refractivity contribution in [2.24, 2.45) is 0 Å². The molecule has 3 rings (SSSR count). The molecule has 6 nitrogen and oxygen atoms in total. The molecule has 1 aromatic carbocycles. The molecular formula is C22H29N3O3. The first-order valence-electron chi connectivity index (χ1n) is 9.97. The van der Waals surface area contributed by atoms with Crippen LogP contribution in [-0.4, -0.2) is 49.1 Å². The van der Waals surface area contributed by atoms with Crippen molar-refractivity contribution < 1.29 is 14.3 Å². The zero-order valence-corrected chi connectivity index (χ0v) is 16.7. The molecule has 0 aliphatic carbocycles. The van der Waals surface area contributed by atoms with Crippen molar-refractivity contribution >= 4 is 5.91 Å². The van der Waals surface area contributed by atoms with Gasteiger partial charge in [-0.2, -0.15) is 0 Å². The van der Waals surface area contributed by atoms with Crippen LogP contribution in [0.3, 0.4) is 0 Å². The van der Waals surface area contributed by atoms with Crippen molar-refractivity contribution in [2.45, 2.75) is 32.2 Å². The van der Waals surface area contributed by atoms with Crippen LogP contribution in [-0.2, 0) is 0 Å². The van der Waals surface area contributed by atoms with E-state index < -0.39 is 0 Å². The van der Waals surface area contributed by atoms with Crippen molar-refractivity contribution in [2.75, 3.05) is 33.4 Å². The minimum Gasteiger partial charge on any atom is -0.497 e. The summed E-state index contributed by atoms with van der Waals surface area (Å²) in [5.74, 6) is 1.05. The van der Waals surface area contributed by atoms with Gasteiger partial charge < -0.3 is 14.8 Å². The molecule has 0 spiro atoms. The number of nitrogens with zero attached hydrogens (tertiary/aromatic N) is 2. The number of likely N-dealkylation sites (tertiary alicyclic amines) is 1. The normalized spacial score (nSPS) is 15.6. The van der Waals surface area contributed by atoms with E-state index in [4.69, 9.17) is 9.47 Å². The van der Waals surface area contributed by atoms with Crippen LogP contribution in [0.2, 0.25) is 0 Å². The number of ether oxygens (including phenoxy) is 2. The molecule has 0 unspecified atom stereocenters. The van der Waals surface area contributed by atoms with Crippen molar-refractivity contribution in [1.29, 1.82) is 0 Å². The third-order valence-electron chi connectivity index (χ3n) is 5.08. The maximum absolute atomic E-state index is 12.8. The molecule has 0 saturated carbocycles. The Morgan fingerprint density at radius 1 is 1.18 bits per heavy atom. The third-order valence-corrected chi connectivity index (χ3v) is 5.08. The fourth-order valence-corrected chi connectivity index (χ4v) is 3.61. The van der Waals surface area contributed by atoms with E-state index in [0.717, 1.165) is 18.8 Å². The second-order valence-corrected chi connectivity index (χ2v) is 6.88. The first kappa shape index (κ1) is 20.1. The van der Waals surface area contributed by atoms with E-state index in [2.05, 4.69) is 27.3 Å². The average Bonchev–Trinajstić information content (AvgIpc) is 2.75. The molecule has 0 bridgehead atoms. The fourth-order valence-electron chi connectivity index (χ4n) is 3.61. The molecule has 0 radical (unpaired) electrons. The number of methoxy groups -OCH3 is 1. The van der Waals surface area contributed by atoms with Crippen LogP contribution in [0.15, 0.2) is 42.6 Å². The highest BCUT2D eigenvalue weighted by Crippen LogP contribution is 2.26. The monoisotopic (exact) mass is 383 g/mol. The summed E-state index contributed by atoms with van der Waals surface area (Å²) in [4.78, 5) is 19.4. The van der Waals surface area contributed by atoms with Crippen LogP contribution in [0.1, 0.15) is 48.1 Å². The number of carbonyl (C=O) groups is 1. The largest absolute Gasteiger partial charge is 0.497 e. The molecule has 1 amide bonds. The Balaban J connectivity index is 1.74. The van der Waals surface area contributed by atoms with E-state index in [-0.39, 0.29) is 11.9 Å². The summed E-state index contributed by atoms with van der Waals surface area (Å²) >= 11 is 0. The number of amides is 1. The maximum atomic E-state index is 12.8. The van der Waals surface area contributed by atoms with Gasteiger partial charge in [0.25, 0.3) is 5.91 Å². The van der Waals surface area contributed by atoms with Crippen LogP contribution in [0.5, 0.6) is 11.6 Å². The Bertz CT molecular complexity index is 758. The number of rotatable bonds is 8. The van der Waals surface area contributed by atoms with Gasteiger partial charge in [0.1, 0.15) is 11.3 Å². The Morgan fingerprint density at radius 3 is 2.61 bits per heavy atom. The zero-order chi connectivity index (χ0) is 19.8. The lowest BCUT2D eigenvalue weighted by atomic mass is 10.0. The van der Waals surface area contributed by atoms with E-state index in [0.29, 0.717) is 24.6 Å². The molecule has 1 aromatic heterocycles. The predicted molar refractivity (Wildman–Crippen MR) is 109 cm³/mol. The summed E-state index contributed by atoms with van der Waals surface area (Å²) in [6.45, 7) is 4.98. The van der Waals surface area contributed by atoms with E-state index in [1.54, 1.807) is 25.4 Å². The summed E-state index contributed by atoms with van der Waals surface area (Å²) in [7, 11) is 1.67. The quantitative estimate of drug-likeness (QED) is 0.756. The highest BCUT2D eigenvalue weighted by atomic mass is 16.5. The molecule has 1 atom stereocenters. The summed E-state index contributed by atoms with van der Waals surface area (Å²) in [6.07, 6.45) is 5.29. The molecule has 1 N–H and O–H groups in total. The highest BCUT2D eigenvalue weighted by Gasteiger charge is 2.24. The van der Waals surface area contributed by atoms with Gasteiger partial charge in [-0.25, -0.2) is 4.98 Å². The van der Waals surface area contributed by atoms with Crippen molar-refractivity contribution in [3.63, 3.8) is 0 Å². The summed E-state index contributed by atoms with van der Waals surface area (Å²) < 4.78 is 10.8. The molecular weight excluding hydrogens is 354 g/mol. The van der Waals surface area contributed by atoms with Gasteiger partial charge >= 0.3 is 0 Å². The number of nitrogens with one attached hydrogen (secondary N) is 1. The number of benzene rings is 1. The van der Waals surface area contributed by atoms with Gasteiger partial charge in [0.15, 0.2) is 0 Å². The molecule has 1 aliphatic rings. The van der Waals surface area contributed by atoms with E-state index >= 15 is 0 Å². The number of piperidine rings is 1. The van der Waals surface area contributed by atoms with Gasteiger partial charge in [-0.05, 0) is 62.7 Å². The summed E-state index contributed by atoms with van der Waals surface area (Å²) in [6, 6.07) is 11.7. The number of carbonyl (C=O) groups excluding carboxylic acids is 1. The Morgan fingerprint density at radius 2 is 1.93 bits per heavy atom. The van der Waals surface area contributed by atoms with Crippen LogP contribution < -0.4 is 14.8 Å². The molecule has 6 heteroatoms. The lowest BCUT2D eigenvalue weighted by molar-refractivity contribution is 0.0920. The number of hydrogen-bond acceptors (Lipinski definition) is 5. The Hall–Kier alpha value is -2.60. The third kappa shape index (κ3) is 5.01. The number of aromatic nitrogens is 1. The number of hydrogen-bond donors (Lipinski definition) is 1. The number of pyridine rings is 1. The molecule has 28 heavy (non-hydrogen) atoms. The second-order valence-electron chi connectivity index (χ2n) is 6.88. The van der Waals surface area contributed by atoms with Gasteiger partial charge in [0.05, 0.1) is 19.8 Å². The zero-order valence-electron chi connectivity index (χ0n) is 16.7. The van der Waals surface area contributed by atoms with E-state index in [1.165, 1.54) is 24.8 Å². The smallest absolute Gasteiger partial charge is 0.256 e. The van der Waals surface area contributed by atoms with E-state index in [9.17, 15) is 4.79 Å². The van der Waals surface area contributed by atoms with Gasteiger partial charge in [-0.15, -0.1) is 0 Å². The van der Waals surface area contributed by atoms with Crippen LogP contribution in [0.4, 0.5) is 0 Å². The van der Waals surface area contributed by atoms with Gasteiger partial charge in [0, 0.05) is 12.7 Å². The van der Waals surface area contributed by atoms with E-state index in [1.807, 2.05) is 19.1 Å². The standard InChI is InChI=1S/C22H29N3O3/c1-3-28-22-19(8-7-13-23-22)21(26)24-16-20(25-14-5-4-6-15-25)17-9-11-18(27-2)12-10-17/h7-13,20H,3-6,14-16H2,1-2H3,(H,24,26)/t20-/m1/s1. The first-order valence-corrected chi connectivity index (χ1v) is 9.97. The lowest BCUT2D eigenvalue weighted by Crippen LogP contribution is -2.40. The van der Waals surface area contributed by atoms with Gasteiger partial charge in [-0.3, -0.25) is 9.69 Å². The fraction of sp³-hybridized carbons (Fsp3) is 0.455. The molecule has 2 aromatic rings. The average molecular weight is 383 g/mol. The van der Waals surface area contributed by atoms with Crippen LogP contribution in [0.25, 0.3) is 0 Å². The molecule has 2 heterocycles. The SMILES string of the molecule is CCOc1ncccc1C(=O)NC[C@H](c1ccc(OC)cc1)N1CCCCC1. The topological polar surface area (TPSA) is 63.7 Å². The van der Waals surface area contributed by atoms with Crippen molar-refractivity contribution in [3.05, 3.63) is 53.7 Å². The Labute approximate surface area is 166 Å². The second kappa shape index (κ2) is 10.1. The molecule has 150 valence electrons. The molecule has 1 fully saturated rings. The van der Waals surface area contributed by atoms with Gasteiger partial charge in [0.2, 0.25) is 5.88 Å². The minimum atomic E-state index is -0.160. The van der Waals surface area contributed by atoms with Crippen LogP contribution in [0, 0.1) is 0 Å². The summed E-state index contributed by atoms with van der Waals surface area (Å²) in [5.41, 5.74) is 1.65. The predicted octanol–water partition coefficient (Wildman–Crippen LogP) is 3.45. The van der Waals surface area contributed by atoms with Crippen LogP contribution >= 0.6 is 0 Å². The highest BCUT2D eigenvalue weighted by molar-refractivity contribution is 5.96. The van der Waals surface area contributed by atoms with Crippen molar-refractivity contribution in [1.82, 2.24) is 15.2 Å². The molecule has 1 aliphatic heterocycles.